The highest BCUT2D eigenvalue weighted by atomic mass is 32.1. The zero-order valence-corrected chi connectivity index (χ0v) is 13.5. The summed E-state index contributed by atoms with van der Waals surface area (Å²) in [5, 5.41) is 20.4. The molecular formula is C17H25NOS. The van der Waals surface area contributed by atoms with Gasteiger partial charge in [0.1, 0.15) is 6.10 Å². The first-order valence-corrected chi connectivity index (χ1v) is 8.52. The van der Waals surface area contributed by atoms with E-state index < -0.39 is 11.5 Å². The van der Waals surface area contributed by atoms with Crippen LogP contribution < -0.4 is 0 Å². The van der Waals surface area contributed by atoms with E-state index >= 15 is 0 Å². The molecule has 0 amide bonds. The first-order chi connectivity index (χ1) is 9.52. The van der Waals surface area contributed by atoms with Crippen molar-refractivity contribution >= 4 is 11.3 Å². The molecule has 3 heteroatoms. The highest BCUT2D eigenvalue weighted by molar-refractivity contribution is 7.12. The van der Waals surface area contributed by atoms with Crippen LogP contribution in [0.15, 0.2) is 12.1 Å². The first kappa shape index (κ1) is 15.5. The number of aliphatic hydroxyl groups excluding tert-OH is 1. The van der Waals surface area contributed by atoms with Crippen LogP contribution in [0.3, 0.4) is 0 Å². The number of hydrogen-bond acceptors (Lipinski definition) is 3. The van der Waals surface area contributed by atoms with Gasteiger partial charge in [-0.3, -0.25) is 0 Å². The molecule has 1 atom stereocenters. The molecule has 0 spiro atoms. The largest absolute Gasteiger partial charge is 0.386 e. The standard InChI is InChI=1S/C17H25NOS/c1-4-14-5-6-15(20-14)16(19)17(11-18)9-7-13(8-10-17)12(2)3/h5-6,12-13,16,19H,4,7-10H2,1-3H3. The zero-order chi connectivity index (χ0) is 14.8. The van der Waals surface area contributed by atoms with E-state index in [1.807, 2.05) is 6.07 Å². The second-order valence-corrected chi connectivity index (χ2v) is 7.61. The smallest absolute Gasteiger partial charge is 0.107 e. The minimum atomic E-state index is -0.620. The van der Waals surface area contributed by atoms with Gasteiger partial charge in [0.25, 0.3) is 0 Å². The molecule has 1 aliphatic carbocycles. The van der Waals surface area contributed by atoms with Crippen LogP contribution in [-0.4, -0.2) is 5.11 Å². The van der Waals surface area contributed by atoms with E-state index in [2.05, 4.69) is 32.9 Å². The topological polar surface area (TPSA) is 44.0 Å². The Morgan fingerprint density at radius 3 is 2.50 bits per heavy atom. The van der Waals surface area contributed by atoms with Crippen molar-refractivity contribution in [2.75, 3.05) is 0 Å². The van der Waals surface area contributed by atoms with Crippen LogP contribution in [0.1, 0.15) is 62.3 Å². The average molecular weight is 291 g/mol. The van der Waals surface area contributed by atoms with Crippen LogP contribution in [0, 0.1) is 28.6 Å². The number of aryl methyl sites for hydroxylation is 1. The minimum Gasteiger partial charge on any atom is -0.386 e. The number of thiophene rings is 1. The van der Waals surface area contributed by atoms with Gasteiger partial charge in [-0.2, -0.15) is 5.26 Å². The van der Waals surface area contributed by atoms with Crippen LogP contribution in [0.4, 0.5) is 0 Å². The summed E-state index contributed by atoms with van der Waals surface area (Å²) in [4.78, 5) is 2.24. The number of aliphatic hydroxyl groups is 1. The summed E-state index contributed by atoms with van der Waals surface area (Å²) in [5.41, 5.74) is -0.568. The second-order valence-electron chi connectivity index (χ2n) is 6.41. The van der Waals surface area contributed by atoms with Gasteiger partial charge in [0.15, 0.2) is 0 Å². The highest BCUT2D eigenvalue weighted by Crippen LogP contribution is 2.49. The summed E-state index contributed by atoms with van der Waals surface area (Å²) < 4.78 is 0. The van der Waals surface area contributed by atoms with Crippen LogP contribution in [0.2, 0.25) is 0 Å². The van der Waals surface area contributed by atoms with Gasteiger partial charge in [0.05, 0.1) is 11.5 Å². The van der Waals surface area contributed by atoms with E-state index in [0.29, 0.717) is 11.8 Å². The molecule has 110 valence electrons. The quantitative estimate of drug-likeness (QED) is 0.873. The summed E-state index contributed by atoms with van der Waals surface area (Å²) >= 11 is 1.65. The van der Waals surface area contributed by atoms with Gasteiger partial charge in [-0.1, -0.05) is 20.8 Å². The maximum absolute atomic E-state index is 10.7. The van der Waals surface area contributed by atoms with Gasteiger partial charge >= 0.3 is 0 Å². The summed E-state index contributed by atoms with van der Waals surface area (Å²) in [6.45, 7) is 6.64. The van der Waals surface area contributed by atoms with E-state index in [1.165, 1.54) is 4.88 Å². The average Bonchev–Trinajstić information content (AvgIpc) is 2.95. The molecule has 1 aliphatic rings. The third-order valence-corrected chi connectivity index (χ3v) is 6.19. The summed E-state index contributed by atoms with van der Waals surface area (Å²) in [6, 6.07) is 6.54. The molecule has 0 aromatic carbocycles. The Balaban J connectivity index is 2.14. The van der Waals surface area contributed by atoms with Gasteiger partial charge in [-0.15, -0.1) is 11.3 Å². The lowest BCUT2D eigenvalue weighted by Crippen LogP contribution is -2.33. The monoisotopic (exact) mass is 291 g/mol. The third-order valence-electron chi connectivity index (χ3n) is 4.91. The molecule has 20 heavy (non-hydrogen) atoms. The Morgan fingerprint density at radius 1 is 1.40 bits per heavy atom. The minimum absolute atomic E-state index is 0.568. The Morgan fingerprint density at radius 2 is 2.05 bits per heavy atom. The molecule has 1 fully saturated rings. The van der Waals surface area contributed by atoms with Crippen LogP contribution >= 0.6 is 11.3 Å². The SMILES string of the molecule is CCc1ccc(C(O)C2(C#N)CCC(C(C)C)CC2)s1. The Bertz CT molecular complexity index is 477. The Hall–Kier alpha value is -0.850. The van der Waals surface area contributed by atoms with E-state index in [-0.39, 0.29) is 0 Å². The van der Waals surface area contributed by atoms with Crippen molar-refractivity contribution in [3.05, 3.63) is 21.9 Å². The predicted octanol–water partition coefficient (Wildman–Crippen LogP) is 4.70. The molecule has 1 aromatic rings. The van der Waals surface area contributed by atoms with Gasteiger partial charge < -0.3 is 5.11 Å². The van der Waals surface area contributed by atoms with Gasteiger partial charge in [0.2, 0.25) is 0 Å². The van der Waals surface area contributed by atoms with E-state index in [9.17, 15) is 10.4 Å². The van der Waals surface area contributed by atoms with E-state index in [4.69, 9.17) is 0 Å². The zero-order valence-electron chi connectivity index (χ0n) is 12.7. The molecule has 2 rings (SSSR count). The molecule has 1 N–H and O–H groups in total. The van der Waals surface area contributed by atoms with Crippen molar-refractivity contribution in [3.8, 4) is 6.07 Å². The number of nitriles is 1. The van der Waals surface area contributed by atoms with Crippen LogP contribution in [-0.2, 0) is 6.42 Å². The number of nitrogens with zero attached hydrogens (tertiary/aromatic N) is 1. The molecule has 1 heterocycles. The lowest BCUT2D eigenvalue weighted by Gasteiger charge is -2.39. The number of hydrogen-bond donors (Lipinski definition) is 1. The fraction of sp³-hybridized carbons (Fsp3) is 0.706. The lowest BCUT2D eigenvalue weighted by atomic mass is 9.66. The van der Waals surface area contributed by atoms with Gasteiger partial charge in [-0.05, 0) is 56.1 Å². The highest BCUT2D eigenvalue weighted by Gasteiger charge is 2.43. The van der Waals surface area contributed by atoms with Crippen molar-refractivity contribution in [3.63, 3.8) is 0 Å². The van der Waals surface area contributed by atoms with E-state index in [0.717, 1.165) is 37.0 Å². The van der Waals surface area contributed by atoms with Crippen molar-refractivity contribution in [1.29, 1.82) is 5.26 Å². The summed E-state index contributed by atoms with van der Waals surface area (Å²) in [7, 11) is 0. The molecule has 0 bridgehead atoms. The maximum atomic E-state index is 10.7. The molecular weight excluding hydrogens is 266 g/mol. The Kier molecular flexibility index (Phi) is 4.88. The van der Waals surface area contributed by atoms with Gasteiger partial charge in [-0.25, -0.2) is 0 Å². The van der Waals surface area contributed by atoms with Crippen LogP contribution in [0.5, 0.6) is 0 Å². The lowest BCUT2D eigenvalue weighted by molar-refractivity contribution is 0.0214. The Labute approximate surface area is 126 Å². The van der Waals surface area contributed by atoms with E-state index in [1.54, 1.807) is 11.3 Å². The van der Waals surface area contributed by atoms with Crippen molar-refractivity contribution < 1.29 is 5.11 Å². The van der Waals surface area contributed by atoms with Crippen LogP contribution in [0.25, 0.3) is 0 Å². The maximum Gasteiger partial charge on any atom is 0.107 e. The van der Waals surface area contributed by atoms with Crippen molar-refractivity contribution in [1.82, 2.24) is 0 Å². The molecule has 1 aromatic heterocycles. The third kappa shape index (κ3) is 2.92. The molecule has 1 unspecified atom stereocenters. The fourth-order valence-corrected chi connectivity index (χ4v) is 4.33. The van der Waals surface area contributed by atoms with Crippen molar-refractivity contribution in [2.24, 2.45) is 17.3 Å². The van der Waals surface area contributed by atoms with Gasteiger partial charge in [0, 0.05) is 9.75 Å². The summed E-state index contributed by atoms with van der Waals surface area (Å²) in [5.74, 6) is 1.38. The summed E-state index contributed by atoms with van der Waals surface area (Å²) in [6.07, 6.45) is 4.15. The molecule has 0 saturated heterocycles. The second kappa shape index (κ2) is 6.28. The molecule has 1 saturated carbocycles. The predicted molar refractivity (Wildman–Crippen MR) is 83.5 cm³/mol. The van der Waals surface area contributed by atoms with Crippen molar-refractivity contribution in [2.45, 2.75) is 59.0 Å². The molecule has 2 nitrogen and oxygen atoms in total. The number of rotatable bonds is 4. The fourth-order valence-electron chi connectivity index (χ4n) is 3.27. The first-order valence-electron chi connectivity index (χ1n) is 7.70. The molecule has 0 aliphatic heterocycles. The normalized spacial score (nSPS) is 28.3. The molecule has 0 radical (unpaired) electrons.